The Hall–Kier alpha value is -3.17. The van der Waals surface area contributed by atoms with Crippen LogP contribution in [0.25, 0.3) is 11.1 Å². The second kappa shape index (κ2) is 9.35. The molecule has 3 aromatic rings. The van der Waals surface area contributed by atoms with Crippen molar-refractivity contribution >= 4 is 17.7 Å². The van der Waals surface area contributed by atoms with E-state index in [1.165, 1.54) is 31.0 Å². The van der Waals surface area contributed by atoms with Crippen molar-refractivity contribution < 1.29 is 19.1 Å². The van der Waals surface area contributed by atoms with Crippen LogP contribution in [0.5, 0.6) is 12.0 Å². The van der Waals surface area contributed by atoms with Gasteiger partial charge in [-0.2, -0.15) is 9.97 Å². The van der Waals surface area contributed by atoms with Gasteiger partial charge in [-0.05, 0) is 29.0 Å². The summed E-state index contributed by atoms with van der Waals surface area (Å²) in [7, 11) is 6.22. The molecule has 29 heavy (non-hydrogen) atoms. The fourth-order valence-corrected chi connectivity index (χ4v) is 3.43. The zero-order chi connectivity index (χ0) is 20.8. The van der Waals surface area contributed by atoms with Crippen LogP contribution in [0.3, 0.4) is 0 Å². The van der Waals surface area contributed by atoms with Crippen LogP contribution in [0.2, 0.25) is 0 Å². The Morgan fingerprint density at radius 2 is 1.55 bits per heavy atom. The number of methoxy groups -OCH3 is 2. The van der Waals surface area contributed by atoms with Crippen LogP contribution in [0.15, 0.2) is 58.6 Å². The summed E-state index contributed by atoms with van der Waals surface area (Å²) in [4.78, 5) is 31.4. The SMILES string of the molecule is COc1nc(OC)nc(Sc2cccc(-c3ccccc3)c2C(=O)ON(C)C)n1. The second-order valence-electron chi connectivity index (χ2n) is 5.93. The smallest absolute Gasteiger partial charge is 0.358 e. The number of carbonyl (C=O) groups is 1. The van der Waals surface area contributed by atoms with E-state index in [1.807, 2.05) is 48.5 Å². The maximum atomic E-state index is 12.9. The molecule has 0 saturated heterocycles. The van der Waals surface area contributed by atoms with Gasteiger partial charge in [0.05, 0.1) is 19.8 Å². The number of aromatic nitrogens is 3. The number of hydrogen-bond donors (Lipinski definition) is 0. The van der Waals surface area contributed by atoms with Crippen LogP contribution in [0, 0.1) is 0 Å². The molecule has 0 unspecified atom stereocenters. The lowest BCUT2D eigenvalue weighted by Gasteiger charge is -2.16. The van der Waals surface area contributed by atoms with Crippen LogP contribution >= 0.6 is 11.8 Å². The average Bonchev–Trinajstić information content (AvgIpc) is 2.73. The first-order valence-corrected chi connectivity index (χ1v) is 9.43. The molecule has 150 valence electrons. The highest BCUT2D eigenvalue weighted by molar-refractivity contribution is 7.99. The molecule has 1 heterocycles. The molecule has 0 aliphatic rings. The first-order chi connectivity index (χ1) is 14.0. The Morgan fingerprint density at radius 1 is 0.897 bits per heavy atom. The second-order valence-corrected chi connectivity index (χ2v) is 6.94. The fraction of sp³-hybridized carbons (Fsp3) is 0.200. The Morgan fingerprint density at radius 3 is 2.14 bits per heavy atom. The maximum absolute atomic E-state index is 12.9. The molecular formula is C20H20N4O4S. The first-order valence-electron chi connectivity index (χ1n) is 8.61. The summed E-state index contributed by atoms with van der Waals surface area (Å²) in [5.41, 5.74) is 2.05. The molecular weight excluding hydrogens is 392 g/mol. The lowest BCUT2D eigenvalue weighted by molar-refractivity contribution is -0.0715. The van der Waals surface area contributed by atoms with Crippen molar-refractivity contribution in [1.29, 1.82) is 0 Å². The van der Waals surface area contributed by atoms with Gasteiger partial charge in [-0.15, -0.1) is 10.0 Å². The fourth-order valence-electron chi connectivity index (χ4n) is 2.54. The monoisotopic (exact) mass is 412 g/mol. The Balaban J connectivity index is 2.10. The highest BCUT2D eigenvalue weighted by Gasteiger charge is 2.22. The molecule has 0 N–H and O–H groups in total. The van der Waals surface area contributed by atoms with Crippen LogP contribution in [0.4, 0.5) is 0 Å². The third-order valence-electron chi connectivity index (χ3n) is 3.72. The Bertz CT molecular complexity index is 977. The molecule has 3 rings (SSSR count). The van der Waals surface area contributed by atoms with Gasteiger partial charge in [0.15, 0.2) is 0 Å². The normalized spacial score (nSPS) is 10.7. The molecule has 0 aliphatic heterocycles. The van der Waals surface area contributed by atoms with E-state index in [-0.39, 0.29) is 12.0 Å². The first kappa shape index (κ1) is 20.6. The molecule has 0 amide bonds. The van der Waals surface area contributed by atoms with Gasteiger partial charge in [0, 0.05) is 19.0 Å². The lowest BCUT2D eigenvalue weighted by atomic mass is 10.00. The van der Waals surface area contributed by atoms with Gasteiger partial charge in [0.2, 0.25) is 5.16 Å². The van der Waals surface area contributed by atoms with Crippen molar-refractivity contribution in [3.05, 3.63) is 54.1 Å². The van der Waals surface area contributed by atoms with Crippen molar-refractivity contribution in [2.45, 2.75) is 10.1 Å². The largest absolute Gasteiger partial charge is 0.467 e. The Labute approximate surface area is 172 Å². The highest BCUT2D eigenvalue weighted by atomic mass is 32.2. The summed E-state index contributed by atoms with van der Waals surface area (Å²) in [5, 5.41) is 1.69. The minimum Gasteiger partial charge on any atom is -0.467 e. The minimum atomic E-state index is -0.482. The maximum Gasteiger partial charge on any atom is 0.358 e. The molecule has 0 aliphatic carbocycles. The molecule has 0 saturated carbocycles. The van der Waals surface area contributed by atoms with Gasteiger partial charge in [-0.25, -0.2) is 4.79 Å². The third kappa shape index (κ3) is 5.01. The minimum absolute atomic E-state index is 0.121. The molecule has 8 nitrogen and oxygen atoms in total. The lowest BCUT2D eigenvalue weighted by Crippen LogP contribution is -2.19. The van der Waals surface area contributed by atoms with Crippen molar-refractivity contribution in [3.8, 4) is 23.1 Å². The standard InChI is InChI=1S/C20H20N4O4S/c1-24(2)28-17(25)16-14(13-9-6-5-7-10-13)11-8-12-15(16)29-20-22-18(26-3)21-19(23-20)27-4/h5-12H,1-4H3. The summed E-state index contributed by atoms with van der Waals surface area (Å²) in [6.07, 6.45) is 0. The number of rotatable bonds is 7. The molecule has 9 heteroatoms. The summed E-state index contributed by atoms with van der Waals surface area (Å²) in [6, 6.07) is 15.4. The van der Waals surface area contributed by atoms with E-state index < -0.39 is 5.97 Å². The quantitative estimate of drug-likeness (QED) is 0.542. The van der Waals surface area contributed by atoms with Crippen molar-refractivity contribution in [2.24, 2.45) is 0 Å². The molecule has 1 aromatic heterocycles. The zero-order valence-corrected chi connectivity index (χ0v) is 17.3. The van der Waals surface area contributed by atoms with Gasteiger partial charge in [-0.1, -0.05) is 42.5 Å². The number of hydroxylamine groups is 2. The number of benzene rings is 2. The summed E-state index contributed by atoms with van der Waals surface area (Å²) in [5.74, 6) is -0.482. The molecule has 0 atom stereocenters. The van der Waals surface area contributed by atoms with E-state index in [9.17, 15) is 4.79 Å². The molecule has 0 bridgehead atoms. The van der Waals surface area contributed by atoms with E-state index in [0.29, 0.717) is 15.6 Å². The topological polar surface area (TPSA) is 86.7 Å². The van der Waals surface area contributed by atoms with Gasteiger partial charge in [0.1, 0.15) is 0 Å². The highest BCUT2D eigenvalue weighted by Crippen LogP contribution is 2.35. The van der Waals surface area contributed by atoms with E-state index in [0.717, 1.165) is 11.1 Å². The summed E-state index contributed by atoms with van der Waals surface area (Å²) >= 11 is 1.20. The molecule has 0 spiro atoms. The average molecular weight is 412 g/mol. The van der Waals surface area contributed by atoms with Gasteiger partial charge < -0.3 is 14.3 Å². The number of carbonyl (C=O) groups excluding carboxylic acids is 1. The molecule has 0 fully saturated rings. The van der Waals surface area contributed by atoms with Gasteiger partial charge in [0.25, 0.3) is 0 Å². The van der Waals surface area contributed by atoms with Crippen LogP contribution in [-0.4, -0.2) is 54.3 Å². The number of hydrogen-bond acceptors (Lipinski definition) is 9. The van der Waals surface area contributed by atoms with Crippen molar-refractivity contribution in [1.82, 2.24) is 20.0 Å². The predicted octanol–water partition coefficient (Wildman–Crippen LogP) is 3.34. The van der Waals surface area contributed by atoms with E-state index in [4.69, 9.17) is 14.3 Å². The Kier molecular flexibility index (Phi) is 6.63. The van der Waals surface area contributed by atoms with E-state index in [1.54, 1.807) is 14.1 Å². The van der Waals surface area contributed by atoms with Crippen LogP contribution in [-0.2, 0) is 4.84 Å². The predicted molar refractivity (Wildman–Crippen MR) is 108 cm³/mol. The number of ether oxygens (including phenoxy) is 2. The van der Waals surface area contributed by atoms with E-state index >= 15 is 0 Å². The van der Waals surface area contributed by atoms with Crippen molar-refractivity contribution in [3.63, 3.8) is 0 Å². The summed E-state index contributed by atoms with van der Waals surface area (Å²) in [6.45, 7) is 0. The number of nitrogens with zero attached hydrogens (tertiary/aromatic N) is 4. The van der Waals surface area contributed by atoms with Crippen LogP contribution in [0.1, 0.15) is 10.4 Å². The van der Waals surface area contributed by atoms with Gasteiger partial charge in [-0.3, -0.25) is 0 Å². The zero-order valence-electron chi connectivity index (χ0n) is 16.4. The van der Waals surface area contributed by atoms with Gasteiger partial charge >= 0.3 is 18.0 Å². The molecule has 2 aromatic carbocycles. The summed E-state index contributed by atoms with van der Waals surface area (Å²) < 4.78 is 10.2. The molecule has 0 radical (unpaired) electrons. The van der Waals surface area contributed by atoms with Crippen molar-refractivity contribution in [2.75, 3.05) is 28.3 Å². The third-order valence-corrected chi connectivity index (χ3v) is 4.65. The van der Waals surface area contributed by atoms with Crippen LogP contribution < -0.4 is 9.47 Å². The van der Waals surface area contributed by atoms with E-state index in [2.05, 4.69) is 15.0 Å².